The summed E-state index contributed by atoms with van der Waals surface area (Å²) in [5.74, 6) is 2.47. The second-order valence-corrected chi connectivity index (χ2v) is 5.14. The third-order valence-electron chi connectivity index (χ3n) is 3.72. The molecule has 0 amide bonds. The first-order valence-corrected chi connectivity index (χ1v) is 7.17. The fourth-order valence-corrected chi connectivity index (χ4v) is 2.65. The van der Waals surface area contributed by atoms with Crippen molar-refractivity contribution in [3.8, 4) is 22.6 Å². The Kier molecular flexibility index (Phi) is 2.99. The van der Waals surface area contributed by atoms with Crippen molar-refractivity contribution in [2.45, 2.75) is 6.10 Å². The lowest BCUT2D eigenvalue weighted by molar-refractivity contribution is 0.133. The highest BCUT2D eigenvalue weighted by Gasteiger charge is 2.27. The molecule has 4 rings (SSSR count). The highest BCUT2D eigenvalue weighted by atomic mass is 16.6. The van der Waals surface area contributed by atoms with Gasteiger partial charge in [-0.1, -0.05) is 36.4 Å². The first-order chi connectivity index (χ1) is 10.4. The van der Waals surface area contributed by atoms with Gasteiger partial charge < -0.3 is 14.8 Å². The van der Waals surface area contributed by atoms with Crippen molar-refractivity contribution in [2.24, 2.45) is 4.99 Å². The normalized spacial score (nSPS) is 19.8. The third kappa shape index (κ3) is 2.33. The summed E-state index contributed by atoms with van der Waals surface area (Å²) in [6.07, 6.45) is -0.123. The van der Waals surface area contributed by atoms with Crippen molar-refractivity contribution in [2.75, 3.05) is 19.7 Å². The quantitative estimate of drug-likeness (QED) is 0.919. The Morgan fingerprint density at radius 2 is 1.90 bits per heavy atom. The van der Waals surface area contributed by atoms with Gasteiger partial charge in [0.05, 0.1) is 6.54 Å². The van der Waals surface area contributed by atoms with E-state index < -0.39 is 0 Å². The molecule has 106 valence electrons. The molecule has 0 fully saturated rings. The molecule has 0 spiro atoms. The lowest BCUT2D eigenvalue weighted by atomic mass is 10.1. The lowest BCUT2D eigenvalue weighted by Gasteiger charge is -2.27. The summed E-state index contributed by atoms with van der Waals surface area (Å²) in [7, 11) is 0. The van der Waals surface area contributed by atoms with E-state index in [1.807, 2.05) is 30.3 Å². The summed E-state index contributed by atoms with van der Waals surface area (Å²) < 4.78 is 11.9. The molecule has 2 aliphatic heterocycles. The van der Waals surface area contributed by atoms with Gasteiger partial charge in [-0.2, -0.15) is 0 Å². The largest absolute Gasteiger partial charge is 0.485 e. The summed E-state index contributed by atoms with van der Waals surface area (Å²) in [5.41, 5.74) is 2.31. The van der Waals surface area contributed by atoms with Crippen LogP contribution in [0.4, 0.5) is 0 Å². The van der Waals surface area contributed by atoms with E-state index in [2.05, 4.69) is 28.5 Å². The highest BCUT2D eigenvalue weighted by molar-refractivity contribution is 5.88. The SMILES string of the molecule is c1ccc(-c2ccc3c(c2)OCC(C2=NCCN2)O3)cc1. The van der Waals surface area contributed by atoms with E-state index in [-0.39, 0.29) is 6.10 Å². The molecule has 4 heteroatoms. The van der Waals surface area contributed by atoms with E-state index in [0.29, 0.717) is 6.61 Å². The molecule has 2 aliphatic rings. The van der Waals surface area contributed by atoms with Gasteiger partial charge in [-0.25, -0.2) is 0 Å². The molecule has 2 aromatic carbocycles. The topological polar surface area (TPSA) is 42.8 Å². The Morgan fingerprint density at radius 1 is 1.00 bits per heavy atom. The van der Waals surface area contributed by atoms with Crippen molar-refractivity contribution >= 4 is 5.84 Å². The maximum Gasteiger partial charge on any atom is 0.189 e. The molecule has 2 aromatic rings. The number of aliphatic imine (C=N–C) groups is 1. The second kappa shape index (κ2) is 5.13. The number of hydrogen-bond donors (Lipinski definition) is 1. The molecule has 0 saturated carbocycles. The van der Waals surface area contributed by atoms with Crippen LogP contribution in [-0.2, 0) is 0 Å². The van der Waals surface area contributed by atoms with Gasteiger partial charge >= 0.3 is 0 Å². The van der Waals surface area contributed by atoms with E-state index in [9.17, 15) is 0 Å². The maximum atomic E-state index is 5.99. The van der Waals surface area contributed by atoms with Crippen LogP contribution in [0.25, 0.3) is 11.1 Å². The summed E-state index contributed by atoms with van der Waals surface area (Å²) >= 11 is 0. The molecule has 0 aromatic heterocycles. The summed E-state index contributed by atoms with van der Waals surface area (Å²) in [6, 6.07) is 16.3. The zero-order valence-electron chi connectivity index (χ0n) is 11.6. The van der Waals surface area contributed by atoms with E-state index >= 15 is 0 Å². The van der Waals surface area contributed by atoms with Crippen LogP contribution in [0.3, 0.4) is 0 Å². The van der Waals surface area contributed by atoms with Crippen LogP contribution < -0.4 is 14.8 Å². The average Bonchev–Trinajstić information content (AvgIpc) is 3.09. The second-order valence-electron chi connectivity index (χ2n) is 5.14. The Labute approximate surface area is 123 Å². The first kappa shape index (κ1) is 12.3. The third-order valence-corrected chi connectivity index (χ3v) is 3.72. The van der Waals surface area contributed by atoms with Gasteiger partial charge in [0, 0.05) is 6.54 Å². The zero-order valence-corrected chi connectivity index (χ0v) is 11.6. The lowest BCUT2D eigenvalue weighted by Crippen LogP contribution is -2.42. The number of rotatable bonds is 2. The molecule has 0 radical (unpaired) electrons. The standard InChI is InChI=1S/C17H16N2O2/c1-2-4-12(5-3-1)13-6-7-14-15(10-13)20-11-16(21-14)17-18-8-9-19-17/h1-7,10,16H,8-9,11H2,(H,18,19). The Bertz CT molecular complexity index is 682. The van der Waals surface area contributed by atoms with Gasteiger partial charge in [0.2, 0.25) is 0 Å². The summed E-state index contributed by atoms with van der Waals surface area (Å²) in [5, 5.41) is 3.24. The molecular formula is C17H16N2O2. The van der Waals surface area contributed by atoms with Crippen LogP contribution in [0, 0.1) is 0 Å². The molecule has 1 atom stereocenters. The predicted molar refractivity (Wildman–Crippen MR) is 82.1 cm³/mol. The van der Waals surface area contributed by atoms with Gasteiger partial charge in [0.15, 0.2) is 17.6 Å². The van der Waals surface area contributed by atoms with Crippen molar-refractivity contribution in [1.29, 1.82) is 0 Å². The van der Waals surface area contributed by atoms with Crippen molar-refractivity contribution in [1.82, 2.24) is 5.32 Å². The van der Waals surface area contributed by atoms with Crippen LogP contribution in [0.5, 0.6) is 11.5 Å². The zero-order chi connectivity index (χ0) is 14.1. The van der Waals surface area contributed by atoms with Crippen LogP contribution in [0.15, 0.2) is 53.5 Å². The highest BCUT2D eigenvalue weighted by Crippen LogP contribution is 2.35. The molecule has 4 nitrogen and oxygen atoms in total. The fourth-order valence-electron chi connectivity index (χ4n) is 2.65. The minimum atomic E-state index is -0.123. The Balaban J connectivity index is 1.60. The van der Waals surface area contributed by atoms with Gasteiger partial charge in [-0.15, -0.1) is 0 Å². The van der Waals surface area contributed by atoms with E-state index in [1.165, 1.54) is 5.56 Å². The Morgan fingerprint density at radius 3 is 2.71 bits per heavy atom. The van der Waals surface area contributed by atoms with E-state index in [0.717, 1.165) is 36.0 Å². The van der Waals surface area contributed by atoms with Gasteiger partial charge in [0.1, 0.15) is 12.4 Å². The smallest absolute Gasteiger partial charge is 0.189 e. The van der Waals surface area contributed by atoms with E-state index in [4.69, 9.17) is 9.47 Å². The molecule has 2 heterocycles. The van der Waals surface area contributed by atoms with Gasteiger partial charge in [0.25, 0.3) is 0 Å². The molecular weight excluding hydrogens is 264 g/mol. The maximum absolute atomic E-state index is 5.99. The Hall–Kier alpha value is -2.49. The van der Waals surface area contributed by atoms with Crippen molar-refractivity contribution in [3.05, 3.63) is 48.5 Å². The number of benzene rings is 2. The number of fused-ring (bicyclic) bond motifs is 1. The molecule has 21 heavy (non-hydrogen) atoms. The van der Waals surface area contributed by atoms with Crippen LogP contribution >= 0.6 is 0 Å². The molecule has 1 N–H and O–H groups in total. The average molecular weight is 280 g/mol. The first-order valence-electron chi connectivity index (χ1n) is 7.17. The van der Waals surface area contributed by atoms with Crippen LogP contribution in [0.2, 0.25) is 0 Å². The predicted octanol–water partition coefficient (Wildman–Crippen LogP) is 2.50. The number of amidine groups is 1. The minimum Gasteiger partial charge on any atom is -0.485 e. The minimum absolute atomic E-state index is 0.123. The molecule has 0 aliphatic carbocycles. The van der Waals surface area contributed by atoms with Gasteiger partial charge in [-0.05, 0) is 23.3 Å². The number of hydrogen-bond acceptors (Lipinski definition) is 4. The summed E-state index contributed by atoms with van der Waals surface area (Å²) in [4.78, 5) is 4.40. The van der Waals surface area contributed by atoms with Crippen molar-refractivity contribution in [3.63, 3.8) is 0 Å². The monoisotopic (exact) mass is 280 g/mol. The number of nitrogens with zero attached hydrogens (tertiary/aromatic N) is 1. The van der Waals surface area contributed by atoms with Crippen LogP contribution in [-0.4, -0.2) is 31.6 Å². The number of ether oxygens (including phenoxy) is 2. The van der Waals surface area contributed by atoms with Crippen molar-refractivity contribution < 1.29 is 9.47 Å². The molecule has 0 saturated heterocycles. The van der Waals surface area contributed by atoms with Crippen LogP contribution in [0.1, 0.15) is 0 Å². The number of nitrogens with one attached hydrogen (secondary N) is 1. The molecule has 1 unspecified atom stereocenters. The van der Waals surface area contributed by atoms with E-state index in [1.54, 1.807) is 0 Å². The molecule has 0 bridgehead atoms. The summed E-state index contributed by atoms with van der Waals surface area (Å²) in [6.45, 7) is 2.20. The van der Waals surface area contributed by atoms with Gasteiger partial charge in [-0.3, -0.25) is 4.99 Å². The fraction of sp³-hybridized carbons (Fsp3) is 0.235.